The van der Waals surface area contributed by atoms with Gasteiger partial charge in [0.1, 0.15) is 0 Å². The predicted molar refractivity (Wildman–Crippen MR) is 45.7 cm³/mol. The molecule has 0 aliphatic heterocycles. The summed E-state index contributed by atoms with van der Waals surface area (Å²) < 4.78 is 0. The lowest BCUT2D eigenvalue weighted by atomic mass is 9.80. The van der Waals surface area contributed by atoms with Gasteiger partial charge in [0.25, 0.3) is 0 Å². The molecule has 2 atom stereocenters. The zero-order valence-corrected chi connectivity index (χ0v) is 7.70. The lowest BCUT2D eigenvalue weighted by molar-refractivity contribution is 0.101. The number of aromatic nitrogens is 3. The summed E-state index contributed by atoms with van der Waals surface area (Å²) in [5.74, 6) is 0. The molecule has 2 N–H and O–H groups in total. The number of aliphatic hydroxyl groups excluding tert-OH is 1. The van der Waals surface area contributed by atoms with Crippen LogP contribution >= 0.6 is 0 Å². The van der Waals surface area contributed by atoms with E-state index in [2.05, 4.69) is 15.4 Å². The number of nitrogens with one attached hydrogen (secondary N) is 1. The highest BCUT2D eigenvalue weighted by Crippen LogP contribution is 2.28. The van der Waals surface area contributed by atoms with E-state index in [1.807, 2.05) is 13.8 Å². The average molecular weight is 169 g/mol. The molecule has 0 amide bonds. The molecule has 0 bridgehead atoms. The minimum absolute atomic E-state index is 0.285. The summed E-state index contributed by atoms with van der Waals surface area (Å²) in [5.41, 5.74) is 0.535. The fraction of sp³-hybridized carbons (Fsp3) is 0.750. The van der Waals surface area contributed by atoms with Crippen molar-refractivity contribution in [2.45, 2.75) is 38.7 Å². The van der Waals surface area contributed by atoms with Crippen molar-refractivity contribution in [2.24, 2.45) is 0 Å². The highest BCUT2D eigenvalue weighted by atomic mass is 16.3. The van der Waals surface area contributed by atoms with Crippen LogP contribution in [-0.4, -0.2) is 26.6 Å². The Morgan fingerprint density at radius 2 is 2.42 bits per heavy atom. The molecule has 0 aromatic carbocycles. The third-order valence-corrected chi connectivity index (χ3v) is 2.66. The Hall–Kier alpha value is -0.900. The van der Waals surface area contributed by atoms with Crippen LogP contribution in [0.3, 0.4) is 0 Å². The van der Waals surface area contributed by atoms with Gasteiger partial charge in [-0.15, -0.1) is 5.10 Å². The smallest absolute Gasteiger partial charge is 0.0908 e. The predicted octanol–water partition coefficient (Wildman–Crippen LogP) is 0.853. The van der Waals surface area contributed by atoms with Crippen LogP contribution < -0.4 is 0 Å². The maximum atomic E-state index is 9.56. The molecule has 0 saturated carbocycles. The van der Waals surface area contributed by atoms with Crippen molar-refractivity contribution in [3.05, 3.63) is 11.9 Å². The minimum atomic E-state index is -0.410. The monoisotopic (exact) mass is 169 g/mol. The van der Waals surface area contributed by atoms with Crippen molar-refractivity contribution in [1.29, 1.82) is 0 Å². The van der Waals surface area contributed by atoms with E-state index in [-0.39, 0.29) is 5.41 Å². The molecule has 12 heavy (non-hydrogen) atoms. The Morgan fingerprint density at radius 1 is 1.75 bits per heavy atom. The van der Waals surface area contributed by atoms with Crippen molar-refractivity contribution in [3.63, 3.8) is 0 Å². The van der Waals surface area contributed by atoms with Gasteiger partial charge in [0.2, 0.25) is 0 Å². The minimum Gasteiger partial charge on any atom is -0.392 e. The van der Waals surface area contributed by atoms with Crippen LogP contribution in [0.15, 0.2) is 6.20 Å². The van der Waals surface area contributed by atoms with Gasteiger partial charge in [-0.05, 0) is 13.3 Å². The number of hydrogen-bond acceptors (Lipinski definition) is 3. The van der Waals surface area contributed by atoms with Crippen LogP contribution in [0.2, 0.25) is 0 Å². The second-order valence-corrected chi connectivity index (χ2v) is 3.31. The summed E-state index contributed by atoms with van der Waals surface area (Å²) in [4.78, 5) is 0. The second-order valence-electron chi connectivity index (χ2n) is 3.31. The molecule has 4 heteroatoms. The molecule has 0 aliphatic rings. The van der Waals surface area contributed by atoms with Gasteiger partial charge in [-0.25, -0.2) is 0 Å². The molecular weight excluding hydrogens is 154 g/mol. The zero-order valence-electron chi connectivity index (χ0n) is 7.70. The Kier molecular flexibility index (Phi) is 2.47. The number of aliphatic hydroxyl groups is 1. The molecule has 1 heterocycles. The molecule has 1 aromatic heterocycles. The molecule has 4 nitrogen and oxygen atoms in total. The van der Waals surface area contributed by atoms with Crippen LogP contribution in [0.25, 0.3) is 0 Å². The molecule has 68 valence electrons. The molecule has 0 fully saturated rings. The number of hydrogen-bond donors (Lipinski definition) is 2. The number of nitrogens with zero attached hydrogens (tertiary/aromatic N) is 2. The number of rotatable bonds is 3. The van der Waals surface area contributed by atoms with Crippen molar-refractivity contribution >= 4 is 0 Å². The third kappa shape index (κ3) is 1.34. The second kappa shape index (κ2) is 3.23. The van der Waals surface area contributed by atoms with E-state index < -0.39 is 6.10 Å². The van der Waals surface area contributed by atoms with Gasteiger partial charge in [-0.2, -0.15) is 0 Å². The van der Waals surface area contributed by atoms with Crippen molar-refractivity contribution in [1.82, 2.24) is 15.4 Å². The maximum absolute atomic E-state index is 9.56. The number of aromatic amines is 1. The van der Waals surface area contributed by atoms with E-state index in [4.69, 9.17) is 0 Å². The lowest BCUT2D eigenvalue weighted by Gasteiger charge is -2.28. The SMILES string of the molecule is CCC(C)(c1c[nH]nn1)C(C)O. The lowest BCUT2D eigenvalue weighted by Crippen LogP contribution is -2.34. The summed E-state index contributed by atoms with van der Waals surface area (Å²) >= 11 is 0. The van der Waals surface area contributed by atoms with E-state index >= 15 is 0 Å². The third-order valence-electron chi connectivity index (χ3n) is 2.66. The summed E-state index contributed by atoms with van der Waals surface area (Å²) in [6.45, 7) is 5.79. The fourth-order valence-corrected chi connectivity index (χ4v) is 1.17. The van der Waals surface area contributed by atoms with E-state index in [0.717, 1.165) is 12.1 Å². The largest absolute Gasteiger partial charge is 0.392 e. The van der Waals surface area contributed by atoms with Crippen LogP contribution in [0.4, 0.5) is 0 Å². The normalized spacial score (nSPS) is 18.7. The summed E-state index contributed by atoms with van der Waals surface area (Å²) in [6.07, 6.45) is 2.17. The highest BCUT2D eigenvalue weighted by Gasteiger charge is 2.32. The van der Waals surface area contributed by atoms with Gasteiger partial charge in [0.15, 0.2) is 0 Å². The molecule has 1 rings (SSSR count). The van der Waals surface area contributed by atoms with Gasteiger partial charge < -0.3 is 5.11 Å². The van der Waals surface area contributed by atoms with E-state index in [1.165, 1.54) is 0 Å². The van der Waals surface area contributed by atoms with Gasteiger partial charge in [0.05, 0.1) is 11.8 Å². The first-order valence-corrected chi connectivity index (χ1v) is 4.16. The van der Waals surface area contributed by atoms with Crippen LogP contribution in [0.1, 0.15) is 32.9 Å². The molecule has 1 aromatic rings. The van der Waals surface area contributed by atoms with Gasteiger partial charge >= 0.3 is 0 Å². The summed E-state index contributed by atoms with van der Waals surface area (Å²) in [5, 5.41) is 19.8. The Labute approximate surface area is 72.0 Å². The van der Waals surface area contributed by atoms with E-state index in [1.54, 1.807) is 13.1 Å². The van der Waals surface area contributed by atoms with Crippen LogP contribution in [-0.2, 0) is 5.41 Å². The maximum Gasteiger partial charge on any atom is 0.0908 e. The molecule has 0 saturated heterocycles. The summed E-state index contributed by atoms with van der Waals surface area (Å²) in [7, 11) is 0. The van der Waals surface area contributed by atoms with Crippen molar-refractivity contribution in [2.75, 3.05) is 0 Å². The zero-order chi connectivity index (χ0) is 9.19. The van der Waals surface area contributed by atoms with E-state index in [9.17, 15) is 5.11 Å². The topological polar surface area (TPSA) is 61.8 Å². The fourth-order valence-electron chi connectivity index (χ4n) is 1.17. The first-order chi connectivity index (χ1) is 5.61. The van der Waals surface area contributed by atoms with Crippen molar-refractivity contribution in [3.8, 4) is 0 Å². The molecule has 0 spiro atoms. The molecular formula is C8H15N3O. The van der Waals surface area contributed by atoms with Gasteiger partial charge in [-0.1, -0.05) is 19.1 Å². The van der Waals surface area contributed by atoms with Gasteiger partial charge in [-0.3, -0.25) is 5.10 Å². The van der Waals surface area contributed by atoms with E-state index in [0.29, 0.717) is 0 Å². The van der Waals surface area contributed by atoms with Crippen LogP contribution in [0, 0.1) is 0 Å². The highest BCUT2D eigenvalue weighted by molar-refractivity contribution is 5.11. The molecule has 0 aliphatic carbocycles. The number of H-pyrrole nitrogens is 1. The van der Waals surface area contributed by atoms with Gasteiger partial charge in [0, 0.05) is 11.6 Å². The molecule has 2 unspecified atom stereocenters. The standard InChI is InChI=1S/C8H15N3O/c1-4-8(3,6(2)12)7-5-9-11-10-7/h5-6,12H,4H2,1-3H3,(H,9,10,11). The first kappa shape index (κ1) is 9.19. The first-order valence-electron chi connectivity index (χ1n) is 4.16. The summed E-state index contributed by atoms with van der Waals surface area (Å²) in [6, 6.07) is 0. The Balaban J connectivity index is 2.96. The Morgan fingerprint density at radius 3 is 2.75 bits per heavy atom. The molecule has 0 radical (unpaired) electrons. The van der Waals surface area contributed by atoms with Crippen LogP contribution in [0.5, 0.6) is 0 Å². The Bertz CT molecular complexity index is 232. The van der Waals surface area contributed by atoms with Crippen molar-refractivity contribution < 1.29 is 5.11 Å². The average Bonchev–Trinajstić information content (AvgIpc) is 2.54. The quantitative estimate of drug-likeness (QED) is 0.705.